The maximum Gasteiger partial charge on any atom is 0.430 e. The Bertz CT molecular complexity index is 815. The van der Waals surface area contributed by atoms with E-state index in [4.69, 9.17) is 4.74 Å². The molecule has 0 saturated heterocycles. The number of halogens is 6. The van der Waals surface area contributed by atoms with Crippen molar-refractivity contribution in [2.45, 2.75) is 24.4 Å². The van der Waals surface area contributed by atoms with Crippen molar-refractivity contribution in [3.63, 3.8) is 0 Å². The van der Waals surface area contributed by atoms with Gasteiger partial charge in [0.2, 0.25) is 0 Å². The van der Waals surface area contributed by atoms with E-state index in [1.54, 1.807) is 0 Å². The zero-order chi connectivity index (χ0) is 21.7. The highest BCUT2D eigenvalue weighted by molar-refractivity contribution is 5.65. The number of hydrogen-bond acceptors (Lipinski definition) is 5. The minimum Gasteiger partial charge on any atom is -0.497 e. The maximum absolute atomic E-state index is 13.1. The Morgan fingerprint density at radius 2 is 1.62 bits per heavy atom. The molecule has 1 aromatic carbocycles. The number of nitrogens with one attached hydrogen (secondary N) is 1. The molecule has 11 heteroatoms. The van der Waals surface area contributed by atoms with Gasteiger partial charge in [0.05, 0.1) is 12.8 Å². The number of aromatic nitrogens is 1. The standard InChI is InChI=1S/C15H11F6NO2.C3H6N2/c1-24-10-6-4-9(5-7-10)12-11(3-2-8-22-12)13(23,14(16,17)18)15(19,20)21;1-2-4-5-3-1/h2-8,23H,1H3;2,5H,1,3H2. The van der Waals surface area contributed by atoms with Crippen molar-refractivity contribution in [2.24, 2.45) is 5.10 Å². The molecule has 0 spiro atoms. The highest BCUT2D eigenvalue weighted by atomic mass is 19.4. The number of rotatable bonds is 3. The van der Waals surface area contributed by atoms with Crippen LogP contribution in [0.5, 0.6) is 5.75 Å². The number of ether oxygens (including phenoxy) is 1. The van der Waals surface area contributed by atoms with Gasteiger partial charge in [0.1, 0.15) is 5.75 Å². The Morgan fingerprint density at radius 1 is 1.00 bits per heavy atom. The second-order valence-corrected chi connectivity index (χ2v) is 5.84. The molecule has 0 saturated carbocycles. The van der Waals surface area contributed by atoms with E-state index < -0.39 is 29.2 Å². The number of hydrogen-bond donors (Lipinski definition) is 2. The molecule has 1 aliphatic heterocycles. The molecular weight excluding hydrogens is 404 g/mol. The van der Waals surface area contributed by atoms with Gasteiger partial charge in [-0.15, -0.1) is 0 Å². The monoisotopic (exact) mass is 421 g/mol. The van der Waals surface area contributed by atoms with Gasteiger partial charge in [-0.1, -0.05) is 6.07 Å². The third-order valence-corrected chi connectivity index (χ3v) is 3.95. The first kappa shape index (κ1) is 22.5. The lowest BCUT2D eigenvalue weighted by Gasteiger charge is -2.33. The molecule has 158 valence electrons. The minimum atomic E-state index is -5.98. The average Bonchev–Trinajstić information content (AvgIpc) is 3.26. The molecule has 1 aromatic heterocycles. The highest BCUT2D eigenvalue weighted by Gasteiger charge is 2.72. The zero-order valence-corrected chi connectivity index (χ0v) is 15.1. The summed E-state index contributed by atoms with van der Waals surface area (Å²) >= 11 is 0. The molecule has 0 bridgehead atoms. The summed E-state index contributed by atoms with van der Waals surface area (Å²) < 4.78 is 83.4. The Labute approximate surface area is 162 Å². The summed E-state index contributed by atoms with van der Waals surface area (Å²) in [4.78, 5) is 3.60. The predicted molar refractivity (Wildman–Crippen MR) is 93.3 cm³/mol. The molecule has 2 heterocycles. The van der Waals surface area contributed by atoms with E-state index in [0.29, 0.717) is 11.8 Å². The molecule has 2 aromatic rings. The second-order valence-electron chi connectivity index (χ2n) is 5.84. The van der Waals surface area contributed by atoms with E-state index >= 15 is 0 Å². The van der Waals surface area contributed by atoms with E-state index in [2.05, 4.69) is 15.5 Å². The third-order valence-electron chi connectivity index (χ3n) is 3.95. The number of methoxy groups -OCH3 is 1. The van der Waals surface area contributed by atoms with Crippen molar-refractivity contribution in [1.82, 2.24) is 10.4 Å². The molecule has 3 rings (SSSR count). The summed E-state index contributed by atoms with van der Waals surface area (Å²) in [6, 6.07) is 6.65. The number of pyridine rings is 1. The lowest BCUT2D eigenvalue weighted by Crippen LogP contribution is -2.54. The van der Waals surface area contributed by atoms with Gasteiger partial charge in [-0.25, -0.2) is 0 Å². The smallest absolute Gasteiger partial charge is 0.430 e. The predicted octanol–water partition coefficient (Wildman–Crippen LogP) is 4.03. The summed E-state index contributed by atoms with van der Waals surface area (Å²) in [6.45, 7) is 1.03. The zero-order valence-electron chi connectivity index (χ0n) is 15.1. The van der Waals surface area contributed by atoms with Crippen LogP contribution in [0.2, 0.25) is 0 Å². The molecule has 0 atom stereocenters. The van der Waals surface area contributed by atoms with Crippen molar-refractivity contribution in [3.05, 3.63) is 48.2 Å². The quantitative estimate of drug-likeness (QED) is 0.735. The fourth-order valence-corrected chi connectivity index (χ4v) is 2.47. The number of benzene rings is 1. The first-order valence-electron chi connectivity index (χ1n) is 8.22. The SMILES string of the molecule is C1=NNCC1.COc1ccc(-c2ncccc2C(O)(C(F)(F)F)C(F)(F)F)cc1. The number of alkyl halides is 6. The summed E-state index contributed by atoms with van der Waals surface area (Å²) in [5.41, 5.74) is -4.30. The Kier molecular flexibility index (Phi) is 6.73. The molecule has 0 radical (unpaired) electrons. The molecule has 2 N–H and O–H groups in total. The van der Waals surface area contributed by atoms with E-state index in [1.807, 2.05) is 6.21 Å². The van der Waals surface area contributed by atoms with Crippen molar-refractivity contribution in [1.29, 1.82) is 0 Å². The summed E-state index contributed by atoms with van der Waals surface area (Å²) in [6.07, 6.45) is -7.94. The van der Waals surface area contributed by atoms with Crippen LogP contribution in [0.1, 0.15) is 12.0 Å². The second kappa shape index (κ2) is 8.68. The van der Waals surface area contributed by atoms with Crippen LogP contribution in [0.25, 0.3) is 11.3 Å². The third kappa shape index (κ3) is 4.78. The van der Waals surface area contributed by atoms with Crippen molar-refractivity contribution in [2.75, 3.05) is 13.7 Å². The molecular formula is C18H17F6N3O2. The summed E-state index contributed by atoms with van der Waals surface area (Å²) in [7, 11) is 1.35. The number of hydrazone groups is 1. The van der Waals surface area contributed by atoms with E-state index in [1.165, 1.54) is 31.4 Å². The van der Waals surface area contributed by atoms with Gasteiger partial charge in [0.25, 0.3) is 5.60 Å². The van der Waals surface area contributed by atoms with Gasteiger partial charge in [-0.3, -0.25) is 4.98 Å². The van der Waals surface area contributed by atoms with Crippen LogP contribution in [-0.2, 0) is 5.60 Å². The highest BCUT2D eigenvalue weighted by Crippen LogP contribution is 2.51. The van der Waals surface area contributed by atoms with E-state index in [9.17, 15) is 31.4 Å². The Morgan fingerprint density at radius 3 is 2.03 bits per heavy atom. The van der Waals surface area contributed by atoms with Crippen LogP contribution >= 0.6 is 0 Å². The molecule has 0 unspecified atom stereocenters. The van der Waals surface area contributed by atoms with Crippen LogP contribution in [0.4, 0.5) is 26.3 Å². The van der Waals surface area contributed by atoms with Crippen molar-refractivity contribution >= 4 is 6.21 Å². The van der Waals surface area contributed by atoms with Crippen LogP contribution in [0.3, 0.4) is 0 Å². The van der Waals surface area contributed by atoms with Crippen LogP contribution in [-0.4, -0.2) is 42.3 Å². The normalized spacial score (nSPS) is 14.1. The molecule has 29 heavy (non-hydrogen) atoms. The first-order valence-corrected chi connectivity index (χ1v) is 8.22. The van der Waals surface area contributed by atoms with Crippen molar-refractivity contribution < 1.29 is 36.2 Å². The first-order chi connectivity index (χ1) is 13.5. The largest absolute Gasteiger partial charge is 0.497 e. The van der Waals surface area contributed by atoms with Gasteiger partial charge in [0, 0.05) is 36.5 Å². The molecule has 1 aliphatic rings. The maximum atomic E-state index is 13.1. The molecule has 5 nitrogen and oxygen atoms in total. The number of aliphatic hydroxyl groups is 1. The van der Waals surface area contributed by atoms with E-state index in [-0.39, 0.29) is 5.56 Å². The van der Waals surface area contributed by atoms with Gasteiger partial charge >= 0.3 is 12.4 Å². The van der Waals surface area contributed by atoms with Crippen LogP contribution in [0.15, 0.2) is 47.7 Å². The topological polar surface area (TPSA) is 66.7 Å². The fraction of sp³-hybridized carbons (Fsp3) is 0.333. The molecule has 0 fully saturated rings. The van der Waals surface area contributed by atoms with Crippen LogP contribution in [0, 0.1) is 0 Å². The van der Waals surface area contributed by atoms with Gasteiger partial charge in [0.15, 0.2) is 0 Å². The van der Waals surface area contributed by atoms with Gasteiger partial charge in [-0.05, 0) is 30.3 Å². The average molecular weight is 421 g/mol. The summed E-state index contributed by atoms with van der Waals surface area (Å²) in [5, 5.41) is 13.3. The Hall–Kier alpha value is -2.82. The molecule has 0 amide bonds. The lowest BCUT2D eigenvalue weighted by atomic mass is 9.88. The van der Waals surface area contributed by atoms with E-state index in [0.717, 1.165) is 25.2 Å². The van der Waals surface area contributed by atoms with Gasteiger partial charge in [-0.2, -0.15) is 31.4 Å². The minimum absolute atomic E-state index is 0.0293. The van der Waals surface area contributed by atoms with Crippen molar-refractivity contribution in [3.8, 4) is 17.0 Å². The number of nitrogens with zero attached hydrogens (tertiary/aromatic N) is 2. The van der Waals surface area contributed by atoms with Crippen LogP contribution < -0.4 is 10.2 Å². The Balaban J connectivity index is 0.000000521. The van der Waals surface area contributed by atoms with Gasteiger partial charge < -0.3 is 15.3 Å². The fourth-order valence-electron chi connectivity index (χ4n) is 2.47. The summed E-state index contributed by atoms with van der Waals surface area (Å²) in [5.74, 6) is 0.359. The lowest BCUT2D eigenvalue weighted by molar-refractivity contribution is -0.376. The molecule has 0 aliphatic carbocycles.